The Kier molecular flexibility index (Phi) is 5.52. The Hall–Kier alpha value is -3.06. The van der Waals surface area contributed by atoms with E-state index in [0.29, 0.717) is 46.1 Å². The van der Waals surface area contributed by atoms with Crippen LogP contribution in [0.1, 0.15) is 100 Å². The molecule has 0 aliphatic carbocycles. The molecule has 7 nitrogen and oxygen atoms in total. The Bertz CT molecular complexity index is 1110. The number of unbranched alkanes of at least 4 members (excludes halogenated alkanes) is 2. The number of hydrazine groups is 1. The van der Waals surface area contributed by atoms with Gasteiger partial charge in [0.2, 0.25) is 0 Å². The van der Waals surface area contributed by atoms with E-state index in [1.807, 2.05) is 11.9 Å². The topological polar surface area (TPSA) is 78.0 Å². The smallest absolute Gasteiger partial charge is 0.272 e. The van der Waals surface area contributed by atoms with Gasteiger partial charge in [-0.05, 0) is 50.5 Å². The lowest BCUT2D eigenvalue weighted by atomic mass is 9.85. The number of carbonyl (C=O) groups excluding carboxylic acids is 4. The molecular formula is C26H29N3O4. The lowest BCUT2D eigenvalue weighted by molar-refractivity contribution is -0.0115. The molecule has 2 aromatic rings. The van der Waals surface area contributed by atoms with Crippen molar-refractivity contribution in [3.8, 4) is 0 Å². The standard InChI is InChI=1S/C26H29N3O4/c1-3-4-6-9-16(2)28-23(30)17-10-12-19-22-20(13-11-18(21(17)22)24(28)31)26(33)29(25(19)32)27-14-7-5-8-15-27/h10-13,16H,3-9,14-15H2,1-2H3. The van der Waals surface area contributed by atoms with Crippen LogP contribution in [0.25, 0.3) is 10.8 Å². The van der Waals surface area contributed by atoms with Crippen molar-refractivity contribution in [1.29, 1.82) is 0 Å². The van der Waals surface area contributed by atoms with Crippen molar-refractivity contribution in [1.82, 2.24) is 14.9 Å². The first kappa shape index (κ1) is 21.8. The SMILES string of the molecule is CCCCCC(C)N1C(=O)c2ccc3c4c(ccc(c24)C1=O)C(=O)N(N1CCCCC1)C3=O. The van der Waals surface area contributed by atoms with Gasteiger partial charge in [0.1, 0.15) is 0 Å². The molecule has 1 fully saturated rings. The van der Waals surface area contributed by atoms with E-state index in [0.717, 1.165) is 44.9 Å². The van der Waals surface area contributed by atoms with Gasteiger partial charge in [-0.2, -0.15) is 0 Å². The summed E-state index contributed by atoms with van der Waals surface area (Å²) in [7, 11) is 0. The molecule has 4 amide bonds. The minimum absolute atomic E-state index is 0.218. The molecule has 0 aromatic heterocycles. The average molecular weight is 448 g/mol. The minimum Gasteiger partial charge on any atom is -0.272 e. The summed E-state index contributed by atoms with van der Waals surface area (Å²) in [6.07, 6.45) is 6.78. The Labute approximate surface area is 193 Å². The molecule has 172 valence electrons. The molecule has 7 heteroatoms. The van der Waals surface area contributed by atoms with Gasteiger partial charge in [-0.25, -0.2) is 10.0 Å². The van der Waals surface area contributed by atoms with Crippen LogP contribution < -0.4 is 0 Å². The molecule has 0 bridgehead atoms. The van der Waals surface area contributed by atoms with Gasteiger partial charge in [0.15, 0.2) is 0 Å². The van der Waals surface area contributed by atoms with Gasteiger partial charge < -0.3 is 0 Å². The van der Waals surface area contributed by atoms with Crippen LogP contribution in [0.2, 0.25) is 0 Å². The van der Waals surface area contributed by atoms with Crippen molar-refractivity contribution in [2.75, 3.05) is 13.1 Å². The van der Waals surface area contributed by atoms with Gasteiger partial charge >= 0.3 is 0 Å². The van der Waals surface area contributed by atoms with Crippen molar-refractivity contribution < 1.29 is 19.2 Å². The number of hydrogen-bond donors (Lipinski definition) is 0. The monoisotopic (exact) mass is 447 g/mol. The number of amides is 4. The number of nitrogens with zero attached hydrogens (tertiary/aromatic N) is 3. The van der Waals surface area contributed by atoms with E-state index >= 15 is 0 Å². The van der Waals surface area contributed by atoms with Gasteiger partial charge in [-0.1, -0.05) is 32.6 Å². The van der Waals surface area contributed by atoms with Crippen LogP contribution in [0, 0.1) is 0 Å². The summed E-state index contributed by atoms with van der Waals surface area (Å²) >= 11 is 0. The maximum absolute atomic E-state index is 13.4. The summed E-state index contributed by atoms with van der Waals surface area (Å²) in [5.74, 6) is -1.46. The van der Waals surface area contributed by atoms with E-state index < -0.39 is 0 Å². The van der Waals surface area contributed by atoms with E-state index in [-0.39, 0.29) is 29.7 Å². The largest absolute Gasteiger partial charge is 0.276 e. The number of carbonyl (C=O) groups is 4. The van der Waals surface area contributed by atoms with Crippen molar-refractivity contribution in [2.24, 2.45) is 0 Å². The Morgan fingerprint density at radius 3 is 1.70 bits per heavy atom. The highest BCUT2D eigenvalue weighted by Gasteiger charge is 2.42. The Morgan fingerprint density at radius 1 is 0.727 bits per heavy atom. The van der Waals surface area contributed by atoms with Crippen LogP contribution in [0.5, 0.6) is 0 Å². The molecule has 3 aliphatic rings. The number of rotatable bonds is 6. The third-order valence-electron chi connectivity index (χ3n) is 7.19. The van der Waals surface area contributed by atoms with Crippen LogP contribution in [0.15, 0.2) is 24.3 Å². The van der Waals surface area contributed by atoms with E-state index in [2.05, 4.69) is 6.92 Å². The number of piperidine rings is 1. The van der Waals surface area contributed by atoms with E-state index in [1.165, 1.54) is 9.91 Å². The first-order valence-corrected chi connectivity index (χ1v) is 12.1. The van der Waals surface area contributed by atoms with E-state index in [4.69, 9.17) is 0 Å². The van der Waals surface area contributed by atoms with Gasteiger partial charge in [0, 0.05) is 41.0 Å². The molecular weight excluding hydrogens is 418 g/mol. The second kappa shape index (κ2) is 8.37. The fourth-order valence-corrected chi connectivity index (χ4v) is 5.43. The zero-order chi connectivity index (χ0) is 23.3. The highest BCUT2D eigenvalue weighted by atomic mass is 16.2. The predicted molar refractivity (Wildman–Crippen MR) is 124 cm³/mol. The summed E-state index contributed by atoms with van der Waals surface area (Å²) in [5.41, 5.74) is 1.53. The third-order valence-corrected chi connectivity index (χ3v) is 7.19. The molecule has 1 unspecified atom stereocenters. The molecule has 1 saturated heterocycles. The second-order valence-corrected chi connectivity index (χ2v) is 9.33. The molecule has 33 heavy (non-hydrogen) atoms. The van der Waals surface area contributed by atoms with Gasteiger partial charge in [-0.15, -0.1) is 0 Å². The molecule has 0 saturated carbocycles. The first-order valence-electron chi connectivity index (χ1n) is 12.1. The normalized spacial score (nSPS) is 19.6. The molecule has 2 aromatic carbocycles. The second-order valence-electron chi connectivity index (χ2n) is 9.33. The molecule has 3 heterocycles. The summed E-state index contributed by atoms with van der Waals surface area (Å²) in [5, 5.41) is 3.96. The maximum Gasteiger partial charge on any atom is 0.276 e. The summed E-state index contributed by atoms with van der Waals surface area (Å²) in [4.78, 5) is 55.0. The van der Waals surface area contributed by atoms with Crippen molar-refractivity contribution in [2.45, 2.75) is 64.8 Å². The van der Waals surface area contributed by atoms with Crippen LogP contribution in [0.3, 0.4) is 0 Å². The van der Waals surface area contributed by atoms with Crippen molar-refractivity contribution in [3.63, 3.8) is 0 Å². The van der Waals surface area contributed by atoms with Crippen molar-refractivity contribution in [3.05, 3.63) is 46.5 Å². The minimum atomic E-state index is -0.381. The van der Waals surface area contributed by atoms with Crippen LogP contribution >= 0.6 is 0 Å². The molecule has 0 spiro atoms. The first-order chi connectivity index (χ1) is 16.0. The van der Waals surface area contributed by atoms with Crippen LogP contribution in [-0.2, 0) is 0 Å². The van der Waals surface area contributed by atoms with Crippen molar-refractivity contribution >= 4 is 34.4 Å². The number of imide groups is 2. The molecule has 3 aliphatic heterocycles. The lowest BCUT2D eigenvalue weighted by Gasteiger charge is -2.39. The molecule has 1 atom stereocenters. The predicted octanol–water partition coefficient (Wildman–Crippen LogP) is 4.40. The zero-order valence-corrected chi connectivity index (χ0v) is 19.2. The average Bonchev–Trinajstić information content (AvgIpc) is 2.82. The Morgan fingerprint density at radius 2 is 1.21 bits per heavy atom. The summed E-state index contributed by atoms with van der Waals surface area (Å²) in [6, 6.07) is 6.36. The van der Waals surface area contributed by atoms with E-state index in [1.54, 1.807) is 24.3 Å². The zero-order valence-electron chi connectivity index (χ0n) is 19.2. The van der Waals surface area contributed by atoms with Gasteiger partial charge in [-0.3, -0.25) is 24.1 Å². The number of benzene rings is 2. The quantitative estimate of drug-likeness (QED) is 0.484. The van der Waals surface area contributed by atoms with Gasteiger partial charge in [0.05, 0.1) is 11.1 Å². The summed E-state index contributed by atoms with van der Waals surface area (Å²) in [6.45, 7) is 5.35. The fraction of sp³-hybridized carbons (Fsp3) is 0.462. The molecule has 0 N–H and O–H groups in total. The lowest BCUT2D eigenvalue weighted by Crippen LogP contribution is -2.53. The number of hydrogen-bond acceptors (Lipinski definition) is 5. The highest BCUT2D eigenvalue weighted by Crippen LogP contribution is 2.39. The molecule has 5 rings (SSSR count). The third kappa shape index (κ3) is 3.29. The Balaban J connectivity index is 1.59. The maximum atomic E-state index is 13.4. The van der Waals surface area contributed by atoms with Crippen LogP contribution in [0.4, 0.5) is 0 Å². The van der Waals surface area contributed by atoms with Gasteiger partial charge in [0.25, 0.3) is 23.6 Å². The fourth-order valence-electron chi connectivity index (χ4n) is 5.43. The summed E-state index contributed by atoms with van der Waals surface area (Å²) < 4.78 is 0. The highest BCUT2D eigenvalue weighted by molar-refractivity contribution is 6.33. The van der Waals surface area contributed by atoms with Crippen LogP contribution in [-0.4, -0.2) is 57.7 Å². The van der Waals surface area contributed by atoms with E-state index in [9.17, 15) is 19.2 Å². The molecule has 0 radical (unpaired) electrons.